The maximum Gasteiger partial charge on any atom is 0.433 e. The van der Waals surface area contributed by atoms with E-state index in [1.54, 1.807) is 4.90 Å². The molecule has 0 unspecified atom stereocenters. The molecule has 0 spiro atoms. The SMILES string of the molecule is Cc1ncnc(OCC2CCN(c3nccc(C(F)(F)F)n3)CC2)c1C. The van der Waals surface area contributed by atoms with Crippen LogP contribution in [0.1, 0.15) is 29.8 Å². The highest BCUT2D eigenvalue weighted by Gasteiger charge is 2.33. The molecule has 0 aromatic carbocycles. The second-order valence-electron chi connectivity index (χ2n) is 6.37. The van der Waals surface area contributed by atoms with E-state index in [0.29, 0.717) is 31.5 Å². The molecule has 0 atom stereocenters. The van der Waals surface area contributed by atoms with Crippen molar-refractivity contribution < 1.29 is 17.9 Å². The van der Waals surface area contributed by atoms with Gasteiger partial charge in [-0.2, -0.15) is 13.2 Å². The first-order valence-electron chi connectivity index (χ1n) is 8.41. The fourth-order valence-electron chi connectivity index (χ4n) is 2.82. The summed E-state index contributed by atoms with van der Waals surface area (Å²) < 4.78 is 44.2. The first-order valence-corrected chi connectivity index (χ1v) is 8.41. The van der Waals surface area contributed by atoms with E-state index in [1.165, 1.54) is 6.33 Å². The van der Waals surface area contributed by atoms with Gasteiger partial charge in [0.05, 0.1) is 6.61 Å². The summed E-state index contributed by atoms with van der Waals surface area (Å²) in [6.07, 6.45) is -0.241. The molecule has 3 heterocycles. The summed E-state index contributed by atoms with van der Waals surface area (Å²) in [5.74, 6) is 1.02. The van der Waals surface area contributed by atoms with E-state index in [0.717, 1.165) is 36.4 Å². The Morgan fingerprint density at radius 1 is 1.15 bits per heavy atom. The number of halogens is 3. The summed E-state index contributed by atoms with van der Waals surface area (Å²) in [5, 5.41) is 0. The molecule has 1 aliphatic rings. The zero-order valence-corrected chi connectivity index (χ0v) is 14.6. The van der Waals surface area contributed by atoms with Crippen molar-refractivity contribution in [2.45, 2.75) is 32.9 Å². The first-order chi connectivity index (χ1) is 12.3. The Bertz CT molecular complexity index is 760. The number of hydrogen-bond acceptors (Lipinski definition) is 6. The van der Waals surface area contributed by atoms with Gasteiger partial charge < -0.3 is 9.64 Å². The molecular weight excluding hydrogens is 347 g/mol. The first kappa shape index (κ1) is 18.3. The van der Waals surface area contributed by atoms with Gasteiger partial charge in [-0.25, -0.2) is 19.9 Å². The van der Waals surface area contributed by atoms with Crippen molar-refractivity contribution in [2.24, 2.45) is 5.92 Å². The Morgan fingerprint density at radius 2 is 1.88 bits per heavy atom. The van der Waals surface area contributed by atoms with Gasteiger partial charge in [0.1, 0.15) is 12.0 Å². The van der Waals surface area contributed by atoms with Crippen LogP contribution in [0.2, 0.25) is 0 Å². The van der Waals surface area contributed by atoms with Gasteiger partial charge in [0.2, 0.25) is 11.8 Å². The quantitative estimate of drug-likeness (QED) is 0.827. The van der Waals surface area contributed by atoms with Crippen molar-refractivity contribution >= 4 is 5.95 Å². The summed E-state index contributed by atoms with van der Waals surface area (Å²) in [4.78, 5) is 17.7. The number of ether oxygens (including phenoxy) is 1. The highest BCUT2D eigenvalue weighted by molar-refractivity contribution is 5.31. The number of piperidine rings is 1. The number of aromatic nitrogens is 4. The van der Waals surface area contributed by atoms with Crippen LogP contribution in [0.15, 0.2) is 18.6 Å². The Labute approximate surface area is 149 Å². The van der Waals surface area contributed by atoms with Gasteiger partial charge in [-0.3, -0.25) is 0 Å². The van der Waals surface area contributed by atoms with Crippen molar-refractivity contribution in [2.75, 3.05) is 24.6 Å². The van der Waals surface area contributed by atoms with Crippen molar-refractivity contribution in [1.29, 1.82) is 0 Å². The van der Waals surface area contributed by atoms with Crippen LogP contribution in [0, 0.1) is 19.8 Å². The molecule has 6 nitrogen and oxygen atoms in total. The molecule has 0 bridgehead atoms. The predicted octanol–water partition coefficient (Wildman–Crippen LogP) is 3.20. The smallest absolute Gasteiger partial charge is 0.433 e. The lowest BCUT2D eigenvalue weighted by Gasteiger charge is -2.32. The molecular formula is C17H20F3N5O. The molecule has 1 aliphatic heterocycles. The number of aryl methyl sites for hydroxylation is 1. The van der Waals surface area contributed by atoms with Crippen LogP contribution in [0.3, 0.4) is 0 Å². The molecule has 140 valence electrons. The van der Waals surface area contributed by atoms with E-state index >= 15 is 0 Å². The average Bonchev–Trinajstić information content (AvgIpc) is 2.63. The van der Waals surface area contributed by atoms with E-state index in [1.807, 2.05) is 13.8 Å². The molecule has 0 radical (unpaired) electrons. The van der Waals surface area contributed by atoms with Crippen LogP contribution < -0.4 is 9.64 Å². The number of nitrogens with zero attached hydrogens (tertiary/aromatic N) is 5. The lowest BCUT2D eigenvalue weighted by molar-refractivity contribution is -0.141. The normalized spacial score (nSPS) is 16.0. The Balaban J connectivity index is 1.55. The monoisotopic (exact) mass is 367 g/mol. The topological polar surface area (TPSA) is 64.0 Å². The number of rotatable bonds is 4. The van der Waals surface area contributed by atoms with Gasteiger partial charge in [0, 0.05) is 30.5 Å². The van der Waals surface area contributed by atoms with E-state index in [4.69, 9.17) is 4.74 Å². The van der Waals surface area contributed by atoms with Crippen LogP contribution in [0.25, 0.3) is 0 Å². The number of alkyl halides is 3. The lowest BCUT2D eigenvalue weighted by atomic mass is 9.98. The van der Waals surface area contributed by atoms with Crippen molar-refractivity contribution in [3.63, 3.8) is 0 Å². The summed E-state index contributed by atoms with van der Waals surface area (Å²) in [5.41, 5.74) is 0.886. The fourth-order valence-corrected chi connectivity index (χ4v) is 2.82. The highest BCUT2D eigenvalue weighted by atomic mass is 19.4. The van der Waals surface area contributed by atoms with Crippen LogP contribution in [0.4, 0.5) is 19.1 Å². The van der Waals surface area contributed by atoms with E-state index in [9.17, 15) is 13.2 Å². The molecule has 1 saturated heterocycles. The summed E-state index contributed by atoms with van der Waals surface area (Å²) >= 11 is 0. The molecule has 3 rings (SSSR count). The predicted molar refractivity (Wildman–Crippen MR) is 89.0 cm³/mol. The number of hydrogen-bond donors (Lipinski definition) is 0. The largest absolute Gasteiger partial charge is 0.477 e. The molecule has 0 N–H and O–H groups in total. The molecule has 1 fully saturated rings. The van der Waals surface area contributed by atoms with Gasteiger partial charge in [-0.15, -0.1) is 0 Å². The Kier molecular flexibility index (Phi) is 5.24. The molecule has 2 aromatic heterocycles. The summed E-state index contributed by atoms with van der Waals surface area (Å²) in [7, 11) is 0. The molecule has 0 aliphatic carbocycles. The maximum atomic E-state index is 12.8. The minimum absolute atomic E-state index is 0.126. The number of anilines is 1. The maximum absolute atomic E-state index is 12.8. The third kappa shape index (κ3) is 4.20. The van der Waals surface area contributed by atoms with E-state index < -0.39 is 11.9 Å². The van der Waals surface area contributed by atoms with Crippen LogP contribution in [0.5, 0.6) is 5.88 Å². The zero-order valence-electron chi connectivity index (χ0n) is 14.6. The zero-order chi connectivity index (χ0) is 18.7. The van der Waals surface area contributed by atoms with E-state index in [-0.39, 0.29) is 5.95 Å². The average molecular weight is 367 g/mol. The van der Waals surface area contributed by atoms with Crippen molar-refractivity contribution in [3.8, 4) is 5.88 Å². The molecule has 2 aromatic rings. The molecule has 26 heavy (non-hydrogen) atoms. The van der Waals surface area contributed by atoms with Gasteiger partial charge >= 0.3 is 6.18 Å². The van der Waals surface area contributed by atoms with Gasteiger partial charge in [-0.1, -0.05) is 0 Å². The van der Waals surface area contributed by atoms with Crippen LogP contribution in [-0.2, 0) is 6.18 Å². The van der Waals surface area contributed by atoms with Crippen LogP contribution >= 0.6 is 0 Å². The second-order valence-corrected chi connectivity index (χ2v) is 6.37. The third-order valence-corrected chi connectivity index (χ3v) is 4.58. The summed E-state index contributed by atoms with van der Waals surface area (Å²) in [6.45, 7) is 5.53. The van der Waals surface area contributed by atoms with E-state index in [2.05, 4.69) is 19.9 Å². The second kappa shape index (κ2) is 7.43. The summed E-state index contributed by atoms with van der Waals surface area (Å²) in [6, 6.07) is 0.885. The molecule has 0 saturated carbocycles. The Morgan fingerprint density at radius 3 is 2.58 bits per heavy atom. The Hall–Kier alpha value is -2.45. The molecule has 9 heteroatoms. The minimum atomic E-state index is -4.46. The van der Waals surface area contributed by atoms with Gasteiger partial charge in [-0.05, 0) is 38.7 Å². The van der Waals surface area contributed by atoms with Gasteiger partial charge in [0.25, 0.3) is 0 Å². The lowest BCUT2D eigenvalue weighted by Crippen LogP contribution is -2.37. The highest BCUT2D eigenvalue weighted by Crippen LogP contribution is 2.29. The molecule has 0 amide bonds. The van der Waals surface area contributed by atoms with Crippen LogP contribution in [-0.4, -0.2) is 39.6 Å². The standard InChI is InChI=1S/C17H20F3N5O/c1-11-12(2)22-10-23-15(11)26-9-13-4-7-25(8-5-13)16-21-6-3-14(24-16)17(18,19)20/h3,6,10,13H,4-5,7-9H2,1-2H3. The fraction of sp³-hybridized carbons (Fsp3) is 0.529. The van der Waals surface area contributed by atoms with Crippen molar-refractivity contribution in [3.05, 3.63) is 35.5 Å². The third-order valence-electron chi connectivity index (χ3n) is 4.58. The minimum Gasteiger partial charge on any atom is -0.477 e. The van der Waals surface area contributed by atoms with Crippen molar-refractivity contribution in [1.82, 2.24) is 19.9 Å². The van der Waals surface area contributed by atoms with Gasteiger partial charge in [0.15, 0.2) is 0 Å².